The molecule has 2 heterocycles. The third-order valence-corrected chi connectivity index (χ3v) is 5.45. The lowest BCUT2D eigenvalue weighted by Crippen LogP contribution is -2.60. The fraction of sp³-hybridized carbons (Fsp3) is 0.474. The van der Waals surface area contributed by atoms with Gasteiger partial charge in [-0.2, -0.15) is 15.8 Å². The first kappa shape index (κ1) is 17.7. The molecule has 7 nitrogen and oxygen atoms in total. The fourth-order valence-electron chi connectivity index (χ4n) is 4.28. The Hall–Kier alpha value is -3.08. The smallest absolute Gasteiger partial charge is 0.218 e. The Labute approximate surface area is 151 Å². The Bertz CT molecular complexity index is 862. The lowest BCUT2D eigenvalue weighted by atomic mass is 9.53. The Morgan fingerprint density at radius 1 is 1.15 bits per heavy atom. The molecule has 2 bridgehead atoms. The summed E-state index contributed by atoms with van der Waals surface area (Å²) in [5.74, 6) is -1.90. The van der Waals surface area contributed by atoms with Crippen LogP contribution in [0.25, 0.3) is 0 Å². The van der Waals surface area contributed by atoms with E-state index in [1.807, 2.05) is 12.1 Å². The second-order valence-corrected chi connectivity index (χ2v) is 6.62. The van der Waals surface area contributed by atoms with Gasteiger partial charge in [-0.15, -0.1) is 0 Å². The van der Waals surface area contributed by atoms with Crippen molar-refractivity contribution in [3.05, 3.63) is 29.8 Å². The number of nitrogens with zero attached hydrogens (tertiary/aromatic N) is 3. The molecular weight excluding hydrogens is 332 g/mol. The van der Waals surface area contributed by atoms with Crippen LogP contribution in [0.1, 0.15) is 31.7 Å². The van der Waals surface area contributed by atoms with Crippen LogP contribution < -0.4 is 4.74 Å². The molecule has 0 aromatic heterocycles. The molecule has 3 rings (SSSR count). The van der Waals surface area contributed by atoms with Crippen molar-refractivity contribution < 1.29 is 14.2 Å². The van der Waals surface area contributed by atoms with Crippen LogP contribution in [0, 0.1) is 50.2 Å². The van der Waals surface area contributed by atoms with Gasteiger partial charge in [0.15, 0.2) is 10.8 Å². The third-order valence-electron chi connectivity index (χ3n) is 5.45. The summed E-state index contributed by atoms with van der Waals surface area (Å²) >= 11 is 0. The van der Waals surface area contributed by atoms with E-state index >= 15 is 0 Å². The minimum Gasteiger partial charge on any atom is -0.497 e. The summed E-state index contributed by atoms with van der Waals surface area (Å²) in [6.07, 6.45) is -0.508. The Balaban J connectivity index is 2.31. The van der Waals surface area contributed by atoms with Gasteiger partial charge in [0.2, 0.25) is 11.7 Å². The van der Waals surface area contributed by atoms with Gasteiger partial charge in [-0.1, -0.05) is 19.1 Å². The van der Waals surface area contributed by atoms with E-state index < -0.39 is 34.5 Å². The monoisotopic (exact) mass is 350 g/mol. The topological polar surface area (TPSA) is 123 Å². The normalized spacial score (nSPS) is 34.1. The van der Waals surface area contributed by atoms with E-state index in [-0.39, 0.29) is 0 Å². The molecule has 4 atom stereocenters. The van der Waals surface area contributed by atoms with Gasteiger partial charge >= 0.3 is 0 Å². The summed E-state index contributed by atoms with van der Waals surface area (Å²) in [6.45, 7) is 3.43. The van der Waals surface area contributed by atoms with Crippen LogP contribution in [-0.2, 0) is 9.47 Å². The largest absolute Gasteiger partial charge is 0.497 e. The van der Waals surface area contributed by atoms with E-state index in [1.165, 1.54) is 0 Å². The number of fused-ring (bicyclic) bond motifs is 2. The predicted octanol–water partition coefficient (Wildman–Crippen LogP) is 2.85. The number of rotatable bonds is 3. The molecule has 7 heteroatoms. The Morgan fingerprint density at radius 3 is 2.23 bits per heavy atom. The van der Waals surface area contributed by atoms with E-state index in [4.69, 9.17) is 19.6 Å². The number of hydrogen-bond acceptors (Lipinski definition) is 7. The second kappa shape index (κ2) is 5.73. The van der Waals surface area contributed by atoms with E-state index in [9.17, 15) is 15.8 Å². The summed E-state index contributed by atoms with van der Waals surface area (Å²) in [7, 11) is 1.54. The molecule has 0 amide bonds. The molecule has 2 aliphatic rings. The summed E-state index contributed by atoms with van der Waals surface area (Å²) in [5, 5.41) is 38.4. The number of nitriles is 3. The zero-order valence-electron chi connectivity index (χ0n) is 14.7. The van der Waals surface area contributed by atoms with Crippen molar-refractivity contribution >= 4 is 5.90 Å². The van der Waals surface area contributed by atoms with Gasteiger partial charge in [0.05, 0.1) is 37.3 Å². The van der Waals surface area contributed by atoms with Crippen LogP contribution >= 0.6 is 0 Å². The maximum Gasteiger partial charge on any atom is 0.218 e. The standard InChI is InChI=1S/C19H18N4O3/c1-4-14-18(9-20,10-21)19(11-22)15(17(2,25-14)26-16(19)23)12-5-7-13(24-3)8-6-12/h5-8,14-15,23H,4H2,1-3H3. The number of benzene rings is 1. The molecule has 26 heavy (non-hydrogen) atoms. The van der Waals surface area contributed by atoms with Gasteiger partial charge in [-0.3, -0.25) is 5.41 Å². The molecular formula is C19H18N4O3. The van der Waals surface area contributed by atoms with Gasteiger partial charge in [0, 0.05) is 6.92 Å². The Morgan fingerprint density at radius 2 is 1.77 bits per heavy atom. The Kier molecular flexibility index (Phi) is 3.91. The van der Waals surface area contributed by atoms with Crippen LogP contribution in [0.3, 0.4) is 0 Å². The van der Waals surface area contributed by atoms with Crippen LogP contribution in [0.5, 0.6) is 5.75 Å². The van der Waals surface area contributed by atoms with Crippen molar-refractivity contribution in [1.29, 1.82) is 21.2 Å². The highest BCUT2D eigenvalue weighted by molar-refractivity contribution is 5.90. The molecule has 0 spiro atoms. The zero-order chi connectivity index (χ0) is 19.2. The molecule has 0 radical (unpaired) electrons. The maximum atomic E-state index is 10.1. The van der Waals surface area contributed by atoms with Crippen molar-refractivity contribution in [2.45, 2.75) is 38.1 Å². The summed E-state index contributed by atoms with van der Waals surface area (Å²) < 4.78 is 16.9. The van der Waals surface area contributed by atoms with Gasteiger partial charge < -0.3 is 14.2 Å². The van der Waals surface area contributed by atoms with Crippen LogP contribution in [-0.4, -0.2) is 24.9 Å². The lowest BCUT2D eigenvalue weighted by Gasteiger charge is -2.48. The molecule has 0 saturated carbocycles. The van der Waals surface area contributed by atoms with Gasteiger partial charge in [-0.05, 0) is 24.1 Å². The highest BCUT2D eigenvalue weighted by Crippen LogP contribution is 2.66. The molecule has 4 unspecified atom stereocenters. The van der Waals surface area contributed by atoms with Crippen molar-refractivity contribution in [2.24, 2.45) is 10.8 Å². The second-order valence-electron chi connectivity index (χ2n) is 6.62. The van der Waals surface area contributed by atoms with Crippen molar-refractivity contribution in [1.82, 2.24) is 0 Å². The first-order valence-corrected chi connectivity index (χ1v) is 8.22. The van der Waals surface area contributed by atoms with E-state index in [1.54, 1.807) is 45.2 Å². The minimum absolute atomic E-state index is 0.339. The molecule has 1 aromatic rings. The molecule has 132 valence electrons. The fourth-order valence-corrected chi connectivity index (χ4v) is 4.28. The average molecular weight is 350 g/mol. The SMILES string of the molecule is CCC1OC2(C)OC(=N)C(C#N)(C2c2ccc(OC)cc2)C1(C#N)C#N. The van der Waals surface area contributed by atoms with Crippen LogP contribution in [0.2, 0.25) is 0 Å². The third kappa shape index (κ3) is 1.85. The van der Waals surface area contributed by atoms with Crippen molar-refractivity contribution in [2.75, 3.05) is 7.11 Å². The van der Waals surface area contributed by atoms with E-state index in [0.29, 0.717) is 17.7 Å². The highest BCUT2D eigenvalue weighted by atomic mass is 16.7. The summed E-state index contributed by atoms with van der Waals surface area (Å²) in [4.78, 5) is 0. The van der Waals surface area contributed by atoms with E-state index in [2.05, 4.69) is 6.07 Å². The number of ether oxygens (including phenoxy) is 3. The number of methoxy groups -OCH3 is 1. The molecule has 0 aliphatic carbocycles. The molecule has 2 saturated heterocycles. The minimum atomic E-state index is -1.85. The molecule has 2 aliphatic heterocycles. The predicted molar refractivity (Wildman–Crippen MR) is 89.8 cm³/mol. The molecule has 2 fully saturated rings. The lowest BCUT2D eigenvalue weighted by molar-refractivity contribution is -0.250. The van der Waals surface area contributed by atoms with E-state index in [0.717, 1.165) is 0 Å². The average Bonchev–Trinajstić information content (AvgIpc) is 2.85. The summed E-state index contributed by atoms with van der Waals surface area (Å²) in [5.41, 5.74) is -2.98. The van der Waals surface area contributed by atoms with Crippen LogP contribution in [0.4, 0.5) is 0 Å². The zero-order valence-corrected chi connectivity index (χ0v) is 14.7. The van der Waals surface area contributed by atoms with Crippen molar-refractivity contribution in [3.63, 3.8) is 0 Å². The van der Waals surface area contributed by atoms with Gasteiger partial charge in [-0.25, -0.2) is 0 Å². The molecule has 1 aromatic carbocycles. The molecule has 1 N–H and O–H groups in total. The number of hydrogen-bond donors (Lipinski definition) is 1. The first-order valence-electron chi connectivity index (χ1n) is 8.22. The number of nitrogens with one attached hydrogen (secondary N) is 1. The first-order chi connectivity index (χ1) is 12.4. The highest BCUT2D eigenvalue weighted by Gasteiger charge is 2.79. The van der Waals surface area contributed by atoms with Crippen LogP contribution in [0.15, 0.2) is 24.3 Å². The quantitative estimate of drug-likeness (QED) is 0.894. The van der Waals surface area contributed by atoms with Gasteiger partial charge in [0.25, 0.3) is 0 Å². The summed E-state index contributed by atoms with van der Waals surface area (Å²) in [6, 6.07) is 13.0. The van der Waals surface area contributed by atoms with Gasteiger partial charge in [0.1, 0.15) is 5.75 Å². The van der Waals surface area contributed by atoms with Crippen molar-refractivity contribution in [3.8, 4) is 24.0 Å². The maximum absolute atomic E-state index is 10.1.